The highest BCUT2D eigenvalue weighted by Crippen LogP contribution is 2.31. The number of piperidine rings is 1. The van der Waals surface area contributed by atoms with Gasteiger partial charge in [-0.2, -0.15) is 4.31 Å². The van der Waals surface area contributed by atoms with Crippen LogP contribution in [0.25, 0.3) is 0 Å². The number of benzene rings is 1. The number of hydrogen-bond acceptors (Lipinski definition) is 4. The Labute approximate surface area is 166 Å². The standard InChI is InChI=1S/C20H26N4O3S/c1-15(2)22-13-19(21-14-22)28(26,27)23-10-5-7-17(12-23)20(25)24-11-9-16-6-3-4-8-18(16)24/h3-4,6,8,13-15,17H,5,7,9-12H2,1-2H3. The molecule has 3 heterocycles. The van der Waals surface area contributed by atoms with E-state index in [1.54, 1.807) is 17.1 Å². The number of aromatic nitrogens is 2. The molecule has 4 rings (SSSR count). The lowest BCUT2D eigenvalue weighted by atomic mass is 9.98. The van der Waals surface area contributed by atoms with Crippen LogP contribution in [0.1, 0.15) is 38.3 Å². The molecular weight excluding hydrogens is 376 g/mol. The van der Waals surface area contributed by atoms with Crippen molar-refractivity contribution in [3.05, 3.63) is 42.4 Å². The molecule has 0 N–H and O–H groups in total. The second-order valence-corrected chi connectivity index (χ2v) is 9.71. The number of sulfonamides is 1. The van der Waals surface area contributed by atoms with Crippen molar-refractivity contribution in [2.75, 3.05) is 24.5 Å². The highest BCUT2D eigenvalue weighted by atomic mass is 32.2. The van der Waals surface area contributed by atoms with Gasteiger partial charge in [0.1, 0.15) is 0 Å². The van der Waals surface area contributed by atoms with Crippen LogP contribution in [0.15, 0.2) is 41.8 Å². The Hall–Kier alpha value is -2.19. The van der Waals surface area contributed by atoms with Crippen LogP contribution >= 0.6 is 0 Å². The molecule has 0 aliphatic carbocycles. The van der Waals surface area contributed by atoms with Crippen molar-refractivity contribution in [1.82, 2.24) is 13.9 Å². The molecule has 2 aliphatic heterocycles. The fraction of sp³-hybridized carbons (Fsp3) is 0.500. The van der Waals surface area contributed by atoms with Crippen molar-refractivity contribution in [2.24, 2.45) is 5.92 Å². The van der Waals surface area contributed by atoms with Crippen LogP contribution in [0.2, 0.25) is 0 Å². The molecule has 0 spiro atoms. The van der Waals surface area contributed by atoms with E-state index in [9.17, 15) is 13.2 Å². The van der Waals surface area contributed by atoms with Gasteiger partial charge in [0.05, 0.1) is 12.2 Å². The predicted octanol–water partition coefficient (Wildman–Crippen LogP) is 2.45. The third-order valence-corrected chi connectivity index (χ3v) is 7.42. The van der Waals surface area contributed by atoms with E-state index in [1.165, 1.54) is 9.87 Å². The molecule has 1 fully saturated rings. The first-order valence-electron chi connectivity index (χ1n) is 9.81. The number of para-hydroxylation sites is 1. The average molecular weight is 403 g/mol. The lowest BCUT2D eigenvalue weighted by Crippen LogP contribution is -2.46. The molecule has 150 valence electrons. The topological polar surface area (TPSA) is 75.5 Å². The molecule has 1 unspecified atom stereocenters. The minimum atomic E-state index is -3.69. The summed E-state index contributed by atoms with van der Waals surface area (Å²) in [5, 5.41) is 0.0563. The van der Waals surface area contributed by atoms with Gasteiger partial charge in [-0.25, -0.2) is 13.4 Å². The Morgan fingerprint density at radius 1 is 1.21 bits per heavy atom. The minimum Gasteiger partial charge on any atom is -0.334 e. The molecule has 1 amide bonds. The van der Waals surface area contributed by atoms with Gasteiger partial charge < -0.3 is 9.47 Å². The Bertz CT molecular complexity index is 983. The van der Waals surface area contributed by atoms with Crippen molar-refractivity contribution >= 4 is 21.6 Å². The first-order valence-corrected chi connectivity index (χ1v) is 11.2. The second kappa shape index (κ2) is 7.33. The third kappa shape index (κ3) is 3.35. The zero-order valence-electron chi connectivity index (χ0n) is 16.3. The smallest absolute Gasteiger partial charge is 0.262 e. The largest absolute Gasteiger partial charge is 0.334 e. The van der Waals surface area contributed by atoms with Crippen LogP contribution in [0.3, 0.4) is 0 Å². The van der Waals surface area contributed by atoms with Gasteiger partial charge in [-0.15, -0.1) is 0 Å². The monoisotopic (exact) mass is 402 g/mol. The Morgan fingerprint density at radius 3 is 2.75 bits per heavy atom. The van der Waals surface area contributed by atoms with Gasteiger partial charge in [-0.05, 0) is 44.7 Å². The molecule has 0 bridgehead atoms. The summed E-state index contributed by atoms with van der Waals surface area (Å²) in [5.41, 5.74) is 2.14. The molecule has 0 radical (unpaired) electrons. The van der Waals surface area contributed by atoms with Gasteiger partial charge in [0.15, 0.2) is 5.03 Å². The van der Waals surface area contributed by atoms with Crippen molar-refractivity contribution in [3.63, 3.8) is 0 Å². The quantitative estimate of drug-likeness (QED) is 0.787. The van der Waals surface area contributed by atoms with Gasteiger partial charge in [0, 0.05) is 37.6 Å². The Morgan fingerprint density at radius 2 is 2.00 bits per heavy atom. The average Bonchev–Trinajstić information content (AvgIpc) is 3.35. The summed E-state index contributed by atoms with van der Waals surface area (Å²) in [6.07, 6.45) is 5.36. The van der Waals surface area contributed by atoms with E-state index in [0.29, 0.717) is 25.9 Å². The molecule has 28 heavy (non-hydrogen) atoms. The van der Waals surface area contributed by atoms with Crippen molar-refractivity contribution in [2.45, 2.75) is 44.2 Å². The summed E-state index contributed by atoms with van der Waals surface area (Å²) in [6, 6.07) is 8.08. The molecular formula is C20H26N4O3S. The molecule has 2 aromatic rings. The molecule has 1 atom stereocenters. The maximum Gasteiger partial charge on any atom is 0.262 e. The number of rotatable bonds is 4. The number of imidazole rings is 1. The van der Waals surface area contributed by atoms with E-state index in [0.717, 1.165) is 12.1 Å². The number of carbonyl (C=O) groups is 1. The molecule has 1 aromatic carbocycles. The van der Waals surface area contributed by atoms with Crippen molar-refractivity contribution in [3.8, 4) is 0 Å². The summed E-state index contributed by atoms with van der Waals surface area (Å²) < 4.78 is 29.3. The molecule has 7 nitrogen and oxygen atoms in total. The van der Waals surface area contributed by atoms with E-state index >= 15 is 0 Å². The molecule has 1 aromatic heterocycles. The summed E-state index contributed by atoms with van der Waals surface area (Å²) in [6.45, 7) is 5.26. The highest BCUT2D eigenvalue weighted by molar-refractivity contribution is 7.89. The van der Waals surface area contributed by atoms with E-state index in [1.807, 2.05) is 43.0 Å². The summed E-state index contributed by atoms with van der Waals surface area (Å²) in [5.74, 6) is -0.292. The van der Waals surface area contributed by atoms with Crippen LogP contribution in [-0.2, 0) is 21.2 Å². The highest BCUT2D eigenvalue weighted by Gasteiger charge is 2.37. The van der Waals surface area contributed by atoms with E-state index < -0.39 is 10.0 Å². The maximum absolute atomic E-state index is 13.2. The summed E-state index contributed by atoms with van der Waals surface area (Å²) in [4.78, 5) is 19.1. The number of carbonyl (C=O) groups excluding carboxylic acids is 1. The normalized spacial score (nSPS) is 20.5. The SMILES string of the molecule is CC(C)n1cnc(S(=O)(=O)N2CCCC(C(=O)N3CCc4ccccc43)C2)c1. The molecule has 1 saturated heterocycles. The van der Waals surface area contributed by atoms with Crippen LogP contribution in [-0.4, -0.2) is 47.8 Å². The first kappa shape index (κ1) is 19.1. The lowest BCUT2D eigenvalue weighted by Gasteiger charge is -2.33. The summed E-state index contributed by atoms with van der Waals surface area (Å²) >= 11 is 0. The fourth-order valence-corrected chi connectivity index (χ4v) is 5.46. The van der Waals surface area contributed by atoms with Crippen LogP contribution in [0.5, 0.6) is 0 Å². The number of hydrogen-bond donors (Lipinski definition) is 0. The Balaban J connectivity index is 1.52. The van der Waals surface area contributed by atoms with Crippen LogP contribution in [0, 0.1) is 5.92 Å². The van der Waals surface area contributed by atoms with Gasteiger partial charge in [0.25, 0.3) is 10.0 Å². The van der Waals surface area contributed by atoms with Gasteiger partial charge in [-0.1, -0.05) is 18.2 Å². The molecule has 8 heteroatoms. The zero-order valence-corrected chi connectivity index (χ0v) is 17.1. The number of amides is 1. The van der Waals surface area contributed by atoms with E-state index in [2.05, 4.69) is 4.98 Å². The molecule has 0 saturated carbocycles. The number of fused-ring (bicyclic) bond motifs is 1. The number of anilines is 1. The minimum absolute atomic E-state index is 0.0255. The van der Waals surface area contributed by atoms with Crippen molar-refractivity contribution in [1.29, 1.82) is 0 Å². The second-order valence-electron chi connectivity index (χ2n) is 7.82. The first-order chi connectivity index (χ1) is 13.4. The van der Waals surface area contributed by atoms with Gasteiger partial charge in [0.2, 0.25) is 5.91 Å². The molecule has 2 aliphatic rings. The van der Waals surface area contributed by atoms with Crippen molar-refractivity contribution < 1.29 is 13.2 Å². The van der Waals surface area contributed by atoms with Gasteiger partial charge in [-0.3, -0.25) is 4.79 Å². The zero-order chi connectivity index (χ0) is 19.9. The number of nitrogens with zero attached hydrogens (tertiary/aromatic N) is 4. The van der Waals surface area contributed by atoms with E-state index in [4.69, 9.17) is 0 Å². The van der Waals surface area contributed by atoms with E-state index in [-0.39, 0.29) is 29.4 Å². The van der Waals surface area contributed by atoms with Gasteiger partial charge >= 0.3 is 0 Å². The fourth-order valence-electron chi connectivity index (χ4n) is 4.02. The Kier molecular flexibility index (Phi) is 5.01. The maximum atomic E-state index is 13.2. The van der Waals surface area contributed by atoms with Crippen LogP contribution in [0.4, 0.5) is 5.69 Å². The van der Waals surface area contributed by atoms with Crippen LogP contribution < -0.4 is 4.90 Å². The summed E-state index contributed by atoms with van der Waals surface area (Å²) in [7, 11) is -3.69. The third-order valence-electron chi connectivity index (χ3n) is 5.66. The predicted molar refractivity (Wildman–Crippen MR) is 107 cm³/mol. The lowest BCUT2D eigenvalue weighted by molar-refractivity contribution is -0.123.